The van der Waals surface area contributed by atoms with Crippen molar-refractivity contribution in [2.24, 2.45) is 5.41 Å². The molecule has 0 bridgehead atoms. The van der Waals surface area contributed by atoms with Crippen LogP contribution in [0.2, 0.25) is 0 Å². The lowest BCUT2D eigenvalue weighted by Crippen LogP contribution is -2.47. The van der Waals surface area contributed by atoms with E-state index in [1.807, 2.05) is 51.1 Å². The SMILES string of the molecule is CC(C)(C)NC(=O)C(/C=C/c1ccccc1)OC(=O)C(C)(C)C. The van der Waals surface area contributed by atoms with Crippen molar-refractivity contribution < 1.29 is 14.3 Å². The monoisotopic (exact) mass is 317 g/mol. The topological polar surface area (TPSA) is 55.4 Å². The molecule has 0 aromatic heterocycles. The predicted octanol–water partition coefficient (Wildman–Crippen LogP) is 3.57. The maximum absolute atomic E-state index is 12.4. The van der Waals surface area contributed by atoms with Crippen LogP contribution in [0.4, 0.5) is 0 Å². The molecule has 0 saturated heterocycles. The Balaban J connectivity index is 2.94. The third-order valence-electron chi connectivity index (χ3n) is 2.87. The fraction of sp³-hybridized carbons (Fsp3) is 0.474. The molecule has 0 saturated carbocycles. The van der Waals surface area contributed by atoms with Gasteiger partial charge in [0.15, 0.2) is 6.10 Å². The Morgan fingerprint density at radius 3 is 2.09 bits per heavy atom. The lowest BCUT2D eigenvalue weighted by molar-refractivity contribution is -0.161. The molecule has 0 radical (unpaired) electrons. The average Bonchev–Trinajstić information content (AvgIpc) is 2.41. The van der Waals surface area contributed by atoms with Gasteiger partial charge in [0.1, 0.15) is 0 Å². The first kappa shape index (κ1) is 18.9. The Morgan fingerprint density at radius 1 is 1.04 bits per heavy atom. The maximum Gasteiger partial charge on any atom is 0.312 e. The van der Waals surface area contributed by atoms with Crippen molar-refractivity contribution in [1.82, 2.24) is 5.32 Å². The van der Waals surface area contributed by atoms with Crippen LogP contribution in [0, 0.1) is 5.41 Å². The van der Waals surface area contributed by atoms with Crippen LogP contribution >= 0.6 is 0 Å². The molecule has 126 valence electrons. The van der Waals surface area contributed by atoms with Gasteiger partial charge in [0, 0.05) is 5.54 Å². The largest absolute Gasteiger partial charge is 0.448 e. The highest BCUT2D eigenvalue weighted by molar-refractivity contribution is 5.87. The van der Waals surface area contributed by atoms with Gasteiger partial charge in [-0.15, -0.1) is 0 Å². The fourth-order valence-electron chi connectivity index (χ4n) is 1.68. The van der Waals surface area contributed by atoms with Gasteiger partial charge in [-0.2, -0.15) is 0 Å². The smallest absolute Gasteiger partial charge is 0.312 e. The zero-order valence-corrected chi connectivity index (χ0v) is 14.8. The van der Waals surface area contributed by atoms with E-state index < -0.39 is 23.0 Å². The number of carbonyl (C=O) groups excluding carboxylic acids is 2. The molecule has 1 atom stereocenters. The minimum absolute atomic E-state index is 0.331. The molecule has 4 heteroatoms. The van der Waals surface area contributed by atoms with Crippen LogP contribution in [-0.4, -0.2) is 23.5 Å². The van der Waals surface area contributed by atoms with Gasteiger partial charge in [-0.1, -0.05) is 36.4 Å². The van der Waals surface area contributed by atoms with E-state index in [4.69, 9.17) is 4.74 Å². The van der Waals surface area contributed by atoms with Gasteiger partial charge < -0.3 is 10.1 Å². The van der Waals surface area contributed by atoms with Crippen molar-refractivity contribution in [3.8, 4) is 0 Å². The molecule has 1 rings (SSSR count). The normalized spacial score (nSPS) is 13.7. The minimum Gasteiger partial charge on any atom is -0.448 e. The summed E-state index contributed by atoms with van der Waals surface area (Å²) in [6, 6.07) is 9.57. The summed E-state index contributed by atoms with van der Waals surface area (Å²) in [5.74, 6) is -0.744. The number of carbonyl (C=O) groups is 2. The van der Waals surface area contributed by atoms with Gasteiger partial charge in [0.05, 0.1) is 5.41 Å². The molecule has 0 fully saturated rings. The number of nitrogens with one attached hydrogen (secondary N) is 1. The minimum atomic E-state index is -0.957. The van der Waals surface area contributed by atoms with E-state index in [-0.39, 0.29) is 5.91 Å². The Bertz CT molecular complexity index is 563. The Hall–Kier alpha value is -2.10. The third kappa shape index (κ3) is 7.13. The number of benzene rings is 1. The molecular formula is C19H27NO3. The summed E-state index contributed by atoms with van der Waals surface area (Å²) in [6.07, 6.45) is 2.43. The van der Waals surface area contributed by atoms with E-state index in [2.05, 4.69) is 5.32 Å². The van der Waals surface area contributed by atoms with Crippen LogP contribution in [0.1, 0.15) is 47.1 Å². The lowest BCUT2D eigenvalue weighted by Gasteiger charge is -2.25. The molecule has 1 aromatic carbocycles. The van der Waals surface area contributed by atoms with E-state index in [1.165, 1.54) is 0 Å². The highest BCUT2D eigenvalue weighted by Crippen LogP contribution is 2.17. The van der Waals surface area contributed by atoms with Gasteiger partial charge in [0.25, 0.3) is 5.91 Å². The van der Waals surface area contributed by atoms with Crippen molar-refractivity contribution in [3.63, 3.8) is 0 Å². The quantitative estimate of drug-likeness (QED) is 0.864. The van der Waals surface area contributed by atoms with Crippen molar-refractivity contribution >= 4 is 18.0 Å². The van der Waals surface area contributed by atoms with Gasteiger partial charge in [0.2, 0.25) is 0 Å². The molecule has 0 aliphatic carbocycles. The van der Waals surface area contributed by atoms with Crippen molar-refractivity contribution in [2.45, 2.75) is 53.2 Å². The molecular weight excluding hydrogens is 290 g/mol. The summed E-state index contributed by atoms with van der Waals surface area (Å²) in [5, 5.41) is 2.84. The highest BCUT2D eigenvalue weighted by Gasteiger charge is 2.29. The van der Waals surface area contributed by atoms with Crippen LogP contribution in [0.25, 0.3) is 6.08 Å². The van der Waals surface area contributed by atoms with E-state index in [9.17, 15) is 9.59 Å². The summed E-state index contributed by atoms with van der Waals surface area (Å²) >= 11 is 0. The van der Waals surface area contributed by atoms with Crippen LogP contribution in [-0.2, 0) is 14.3 Å². The first-order valence-electron chi connectivity index (χ1n) is 7.75. The number of amides is 1. The molecule has 1 unspecified atom stereocenters. The van der Waals surface area contributed by atoms with Gasteiger partial charge in [-0.25, -0.2) is 0 Å². The maximum atomic E-state index is 12.4. The molecule has 23 heavy (non-hydrogen) atoms. The Labute approximate surface area is 138 Å². The number of hydrogen-bond acceptors (Lipinski definition) is 3. The molecule has 0 heterocycles. The second-order valence-electron chi connectivity index (χ2n) is 7.58. The lowest BCUT2D eigenvalue weighted by atomic mass is 9.97. The summed E-state index contributed by atoms with van der Waals surface area (Å²) in [6.45, 7) is 10.9. The van der Waals surface area contributed by atoms with Gasteiger partial charge in [-0.05, 0) is 53.2 Å². The van der Waals surface area contributed by atoms with E-state index >= 15 is 0 Å². The third-order valence-corrected chi connectivity index (χ3v) is 2.87. The zero-order chi connectivity index (χ0) is 17.7. The molecule has 0 aliphatic heterocycles. The molecule has 4 nitrogen and oxygen atoms in total. The highest BCUT2D eigenvalue weighted by atomic mass is 16.5. The van der Waals surface area contributed by atoms with E-state index in [0.717, 1.165) is 5.56 Å². The van der Waals surface area contributed by atoms with Crippen molar-refractivity contribution in [2.75, 3.05) is 0 Å². The van der Waals surface area contributed by atoms with Crippen LogP contribution in [0.15, 0.2) is 36.4 Å². The number of rotatable bonds is 4. The predicted molar refractivity (Wildman–Crippen MR) is 92.7 cm³/mol. The summed E-state index contributed by atoms with van der Waals surface area (Å²) < 4.78 is 5.41. The summed E-state index contributed by atoms with van der Waals surface area (Å²) in [4.78, 5) is 24.5. The summed E-state index contributed by atoms with van der Waals surface area (Å²) in [7, 11) is 0. The number of esters is 1. The van der Waals surface area contributed by atoms with Gasteiger partial charge in [-0.3, -0.25) is 9.59 Å². The second-order valence-corrected chi connectivity index (χ2v) is 7.58. The van der Waals surface area contributed by atoms with Crippen molar-refractivity contribution in [3.05, 3.63) is 42.0 Å². The van der Waals surface area contributed by atoms with Crippen molar-refractivity contribution in [1.29, 1.82) is 0 Å². The van der Waals surface area contributed by atoms with Crippen LogP contribution in [0.3, 0.4) is 0 Å². The molecule has 0 aliphatic rings. The fourth-order valence-corrected chi connectivity index (χ4v) is 1.68. The van der Waals surface area contributed by atoms with Crippen LogP contribution < -0.4 is 5.32 Å². The summed E-state index contributed by atoms with van der Waals surface area (Å²) in [5.41, 5.74) is -0.127. The second kappa shape index (κ2) is 7.44. The van der Waals surface area contributed by atoms with Gasteiger partial charge >= 0.3 is 5.97 Å². The first-order chi connectivity index (χ1) is 10.5. The molecule has 1 N–H and O–H groups in total. The first-order valence-corrected chi connectivity index (χ1v) is 7.75. The van der Waals surface area contributed by atoms with E-state index in [1.54, 1.807) is 32.9 Å². The average molecular weight is 317 g/mol. The zero-order valence-electron chi connectivity index (χ0n) is 14.8. The van der Waals surface area contributed by atoms with Crippen LogP contribution in [0.5, 0.6) is 0 Å². The number of ether oxygens (including phenoxy) is 1. The molecule has 1 amide bonds. The Kier molecular flexibility index (Phi) is 6.13. The van der Waals surface area contributed by atoms with E-state index in [0.29, 0.717) is 0 Å². The Morgan fingerprint density at radius 2 is 1.61 bits per heavy atom. The standard InChI is InChI=1S/C19H27NO3/c1-18(2,3)17(22)23-15(16(21)20-19(4,5)6)13-12-14-10-8-7-9-11-14/h7-13,15H,1-6H3,(H,20,21)/b13-12+. The molecule has 1 aromatic rings. The molecule has 0 spiro atoms. The number of hydrogen-bond donors (Lipinski definition) is 1.